The van der Waals surface area contributed by atoms with E-state index in [1.165, 1.54) is 35.0 Å². The van der Waals surface area contributed by atoms with Crippen molar-refractivity contribution >= 4 is 33.9 Å². The van der Waals surface area contributed by atoms with Gasteiger partial charge in [-0.1, -0.05) is 36.4 Å². The summed E-state index contributed by atoms with van der Waals surface area (Å²) in [6.45, 7) is 0.685. The molecule has 0 fully saturated rings. The number of hydrogen-bond acceptors (Lipinski definition) is 2. The molecule has 5 heteroatoms. The van der Waals surface area contributed by atoms with E-state index in [2.05, 4.69) is 44.3 Å². The highest BCUT2D eigenvalue weighted by molar-refractivity contribution is 5.99. The monoisotopic (exact) mass is 384 g/mol. The number of H-pyrrole nitrogens is 1. The Kier molecular flexibility index (Phi) is 4.64. The second-order valence-electron chi connectivity index (χ2n) is 7.63. The number of fused-ring (bicyclic) bond motifs is 4. The summed E-state index contributed by atoms with van der Waals surface area (Å²) in [6, 6.07) is 16.6. The third kappa shape index (κ3) is 3.33. The van der Waals surface area contributed by atoms with E-state index < -0.39 is 0 Å². The van der Waals surface area contributed by atoms with Gasteiger partial charge in [0.2, 0.25) is 5.91 Å². The van der Waals surface area contributed by atoms with Crippen LogP contribution in [0, 0.1) is 0 Å². The fourth-order valence-corrected chi connectivity index (χ4v) is 4.49. The second-order valence-corrected chi connectivity index (χ2v) is 7.63. The molecule has 1 aliphatic carbocycles. The molecule has 5 rings (SSSR count). The van der Waals surface area contributed by atoms with Gasteiger partial charge in [0.1, 0.15) is 0 Å². The molecule has 1 aliphatic rings. The SMILES string of the molecule is O=C(CCn1c2c(c3ccccc31)CCCC2)N/N=C/c1c[nH]c2ccccc12. The first kappa shape index (κ1) is 17.7. The van der Waals surface area contributed by atoms with Crippen molar-refractivity contribution in [1.82, 2.24) is 15.0 Å². The maximum absolute atomic E-state index is 12.4. The molecule has 0 unspecified atom stereocenters. The van der Waals surface area contributed by atoms with Crippen LogP contribution in [0.25, 0.3) is 21.8 Å². The van der Waals surface area contributed by atoms with E-state index in [4.69, 9.17) is 0 Å². The number of benzene rings is 2. The van der Waals surface area contributed by atoms with Crippen molar-refractivity contribution < 1.29 is 4.79 Å². The largest absolute Gasteiger partial charge is 0.361 e. The summed E-state index contributed by atoms with van der Waals surface area (Å²) < 4.78 is 2.34. The van der Waals surface area contributed by atoms with E-state index >= 15 is 0 Å². The van der Waals surface area contributed by atoms with Crippen LogP contribution in [0.4, 0.5) is 0 Å². The molecule has 1 amide bonds. The molecule has 5 nitrogen and oxygen atoms in total. The molecular formula is C24H24N4O. The number of para-hydroxylation sites is 2. The highest BCUT2D eigenvalue weighted by Gasteiger charge is 2.19. The van der Waals surface area contributed by atoms with Gasteiger partial charge in [-0.05, 0) is 43.4 Å². The van der Waals surface area contributed by atoms with Crippen molar-refractivity contribution in [1.29, 1.82) is 0 Å². The van der Waals surface area contributed by atoms with Gasteiger partial charge >= 0.3 is 0 Å². The normalized spacial score (nSPS) is 13.9. The van der Waals surface area contributed by atoms with Gasteiger partial charge in [0.05, 0.1) is 6.21 Å². The maximum Gasteiger partial charge on any atom is 0.241 e. The van der Waals surface area contributed by atoms with Crippen molar-refractivity contribution in [3.63, 3.8) is 0 Å². The van der Waals surface area contributed by atoms with Crippen LogP contribution in [-0.4, -0.2) is 21.7 Å². The Balaban J connectivity index is 1.28. The van der Waals surface area contributed by atoms with Gasteiger partial charge in [0.25, 0.3) is 0 Å². The Morgan fingerprint density at radius 2 is 1.86 bits per heavy atom. The van der Waals surface area contributed by atoms with Crippen LogP contribution in [0.5, 0.6) is 0 Å². The van der Waals surface area contributed by atoms with E-state index in [-0.39, 0.29) is 5.91 Å². The molecule has 2 aromatic heterocycles. The number of rotatable bonds is 5. The molecule has 0 aliphatic heterocycles. The molecule has 0 saturated carbocycles. The molecule has 0 radical (unpaired) electrons. The molecular weight excluding hydrogens is 360 g/mol. The zero-order valence-corrected chi connectivity index (χ0v) is 16.3. The standard InChI is InChI=1S/C24H24N4O/c29-24(27-26-16-17-15-25-21-10-4-1-7-18(17)21)13-14-28-22-11-5-2-8-19(22)20-9-3-6-12-23(20)28/h1-2,4-5,7-8,10-11,15-16,25H,3,6,9,12-14H2,(H,27,29)/b26-16+. The summed E-state index contributed by atoms with van der Waals surface area (Å²) in [6.07, 6.45) is 8.74. The summed E-state index contributed by atoms with van der Waals surface area (Å²) in [4.78, 5) is 15.6. The second kappa shape index (κ2) is 7.59. The number of carbonyl (C=O) groups is 1. The fraction of sp³-hybridized carbons (Fsp3) is 0.250. The highest BCUT2D eigenvalue weighted by Crippen LogP contribution is 2.32. The summed E-state index contributed by atoms with van der Waals surface area (Å²) in [5, 5.41) is 6.60. The van der Waals surface area contributed by atoms with Crippen LogP contribution in [0.2, 0.25) is 0 Å². The lowest BCUT2D eigenvalue weighted by Gasteiger charge is -2.15. The van der Waals surface area contributed by atoms with Crippen molar-refractivity contribution in [3.8, 4) is 0 Å². The van der Waals surface area contributed by atoms with Crippen molar-refractivity contribution in [2.75, 3.05) is 0 Å². The first-order valence-corrected chi connectivity index (χ1v) is 10.3. The number of aromatic amines is 1. The topological polar surface area (TPSA) is 62.2 Å². The van der Waals surface area contributed by atoms with E-state index in [1.54, 1.807) is 6.21 Å². The minimum Gasteiger partial charge on any atom is -0.361 e. The van der Waals surface area contributed by atoms with E-state index in [1.807, 2.05) is 30.5 Å². The smallest absolute Gasteiger partial charge is 0.241 e. The Hall–Kier alpha value is -3.34. The molecule has 2 N–H and O–H groups in total. The van der Waals surface area contributed by atoms with E-state index in [0.29, 0.717) is 13.0 Å². The Bertz CT molecular complexity index is 1210. The summed E-state index contributed by atoms with van der Waals surface area (Å²) >= 11 is 0. The number of amides is 1. The highest BCUT2D eigenvalue weighted by atomic mass is 16.2. The van der Waals surface area contributed by atoms with Crippen molar-refractivity contribution in [2.24, 2.45) is 5.10 Å². The number of carbonyl (C=O) groups excluding carboxylic acids is 1. The van der Waals surface area contributed by atoms with Gasteiger partial charge in [0, 0.05) is 52.2 Å². The molecule has 2 aromatic carbocycles. The molecule has 0 spiro atoms. The Morgan fingerprint density at radius 1 is 1.07 bits per heavy atom. The minimum atomic E-state index is -0.0663. The number of aromatic nitrogens is 2. The van der Waals surface area contributed by atoms with Crippen LogP contribution in [-0.2, 0) is 24.2 Å². The van der Waals surface area contributed by atoms with Gasteiger partial charge in [-0.15, -0.1) is 0 Å². The molecule has 0 atom stereocenters. The Labute approximate surface area is 169 Å². The molecule has 29 heavy (non-hydrogen) atoms. The van der Waals surface area contributed by atoms with Crippen LogP contribution in [0.3, 0.4) is 0 Å². The number of nitrogens with one attached hydrogen (secondary N) is 2. The van der Waals surface area contributed by atoms with Gasteiger partial charge < -0.3 is 9.55 Å². The molecule has 0 saturated heterocycles. The number of hydrogen-bond donors (Lipinski definition) is 2. The number of nitrogens with zero attached hydrogens (tertiary/aromatic N) is 2. The minimum absolute atomic E-state index is 0.0663. The average molecular weight is 384 g/mol. The predicted octanol–water partition coefficient (Wildman–Crippen LogP) is 4.54. The number of aryl methyl sites for hydroxylation is 2. The summed E-state index contributed by atoms with van der Waals surface area (Å²) in [5.74, 6) is -0.0663. The summed E-state index contributed by atoms with van der Waals surface area (Å²) in [5.41, 5.74) is 8.83. The lowest BCUT2D eigenvalue weighted by Crippen LogP contribution is -2.20. The van der Waals surface area contributed by atoms with Crippen LogP contribution in [0.15, 0.2) is 59.8 Å². The van der Waals surface area contributed by atoms with Gasteiger partial charge in [0.15, 0.2) is 0 Å². The van der Waals surface area contributed by atoms with Crippen molar-refractivity contribution in [2.45, 2.75) is 38.6 Å². The van der Waals surface area contributed by atoms with Crippen LogP contribution >= 0.6 is 0 Å². The molecule has 4 aromatic rings. The third-order valence-corrected chi connectivity index (χ3v) is 5.86. The van der Waals surface area contributed by atoms with Crippen molar-refractivity contribution in [3.05, 3.63) is 71.5 Å². The molecule has 2 heterocycles. The zero-order chi connectivity index (χ0) is 19.6. The lowest BCUT2D eigenvalue weighted by atomic mass is 9.95. The maximum atomic E-state index is 12.4. The molecule has 146 valence electrons. The van der Waals surface area contributed by atoms with Gasteiger partial charge in [-0.2, -0.15) is 5.10 Å². The summed E-state index contributed by atoms with van der Waals surface area (Å²) in [7, 11) is 0. The van der Waals surface area contributed by atoms with E-state index in [0.717, 1.165) is 29.3 Å². The third-order valence-electron chi connectivity index (χ3n) is 5.86. The van der Waals surface area contributed by atoms with Gasteiger partial charge in [-0.3, -0.25) is 4.79 Å². The first-order valence-electron chi connectivity index (χ1n) is 10.3. The first-order chi connectivity index (χ1) is 14.3. The fourth-order valence-electron chi connectivity index (χ4n) is 4.49. The lowest BCUT2D eigenvalue weighted by molar-refractivity contribution is -0.121. The van der Waals surface area contributed by atoms with E-state index in [9.17, 15) is 4.79 Å². The average Bonchev–Trinajstić information content (AvgIpc) is 3.32. The quantitative estimate of drug-likeness (QED) is 0.385. The molecule has 0 bridgehead atoms. The predicted molar refractivity (Wildman–Crippen MR) is 117 cm³/mol. The van der Waals surface area contributed by atoms with Gasteiger partial charge in [-0.25, -0.2) is 5.43 Å². The number of hydrazone groups is 1. The Morgan fingerprint density at radius 3 is 2.79 bits per heavy atom. The van der Waals surface area contributed by atoms with Crippen LogP contribution in [0.1, 0.15) is 36.1 Å². The van der Waals surface area contributed by atoms with Crippen LogP contribution < -0.4 is 5.43 Å². The zero-order valence-electron chi connectivity index (χ0n) is 16.3.